The summed E-state index contributed by atoms with van der Waals surface area (Å²) in [7, 11) is 0. The number of halogens is 2. The normalized spacial score (nSPS) is 9.64. The molecular weight excluding hydrogens is 310 g/mol. The van der Waals surface area contributed by atoms with Gasteiger partial charge in [-0.3, -0.25) is 4.79 Å². The van der Waals surface area contributed by atoms with Crippen LogP contribution >= 0.6 is 31.9 Å². The predicted molar refractivity (Wildman–Crippen MR) is 66.7 cm³/mol. The molecular formula is C10H9Br2NO. The van der Waals surface area contributed by atoms with Gasteiger partial charge in [-0.2, -0.15) is 0 Å². The van der Waals surface area contributed by atoms with Crippen LogP contribution in [-0.2, 0) is 0 Å². The molecule has 0 atom stereocenters. The zero-order valence-electron chi connectivity index (χ0n) is 7.55. The van der Waals surface area contributed by atoms with Crippen molar-refractivity contribution < 1.29 is 4.79 Å². The maximum atomic E-state index is 11.1. The van der Waals surface area contributed by atoms with Gasteiger partial charge in [-0.25, -0.2) is 0 Å². The fourth-order valence-electron chi connectivity index (χ4n) is 1.04. The molecule has 0 unspecified atom stereocenters. The molecule has 1 aromatic carbocycles. The number of anilines is 1. The minimum Gasteiger partial charge on any atom is -0.398 e. The first-order chi connectivity index (χ1) is 6.50. The zero-order chi connectivity index (χ0) is 10.7. The molecule has 0 radical (unpaired) electrons. The van der Waals surface area contributed by atoms with E-state index >= 15 is 0 Å². The van der Waals surface area contributed by atoms with Gasteiger partial charge < -0.3 is 5.73 Å². The van der Waals surface area contributed by atoms with E-state index in [9.17, 15) is 4.79 Å². The van der Waals surface area contributed by atoms with Crippen molar-refractivity contribution in [1.82, 2.24) is 0 Å². The minimum absolute atomic E-state index is 0.0327. The summed E-state index contributed by atoms with van der Waals surface area (Å²) < 4.78 is 0.789. The molecule has 0 spiro atoms. The summed E-state index contributed by atoms with van der Waals surface area (Å²) in [4.78, 5) is 11.1. The molecule has 0 bridgehead atoms. The van der Waals surface area contributed by atoms with Crippen molar-refractivity contribution in [2.75, 3.05) is 5.73 Å². The van der Waals surface area contributed by atoms with E-state index in [4.69, 9.17) is 5.73 Å². The summed E-state index contributed by atoms with van der Waals surface area (Å²) in [6.45, 7) is 1.53. The van der Waals surface area contributed by atoms with Gasteiger partial charge in [-0.1, -0.05) is 0 Å². The summed E-state index contributed by atoms with van der Waals surface area (Å²) in [5, 5.41) is 0. The van der Waals surface area contributed by atoms with Gasteiger partial charge in [0.25, 0.3) is 0 Å². The number of benzene rings is 1. The quantitative estimate of drug-likeness (QED) is 0.669. The van der Waals surface area contributed by atoms with Gasteiger partial charge in [0.2, 0.25) is 0 Å². The number of nitrogens with two attached hydrogens (primary N) is 1. The Bertz CT molecular complexity index is 395. The zero-order valence-corrected chi connectivity index (χ0v) is 10.7. The number of nitrogen functional groups attached to an aromatic ring is 1. The Kier molecular flexibility index (Phi) is 3.89. The van der Waals surface area contributed by atoms with E-state index in [2.05, 4.69) is 31.9 Å². The van der Waals surface area contributed by atoms with Crippen molar-refractivity contribution in [3.63, 3.8) is 0 Å². The highest BCUT2D eigenvalue weighted by Gasteiger charge is 2.02. The van der Waals surface area contributed by atoms with Crippen molar-refractivity contribution >= 4 is 49.4 Å². The van der Waals surface area contributed by atoms with Crippen LogP contribution in [-0.4, -0.2) is 5.78 Å². The third-order valence-electron chi connectivity index (χ3n) is 1.76. The van der Waals surface area contributed by atoms with E-state index in [0.717, 1.165) is 8.96 Å². The van der Waals surface area contributed by atoms with Gasteiger partial charge in [0.15, 0.2) is 5.78 Å². The van der Waals surface area contributed by atoms with E-state index < -0.39 is 0 Å². The van der Waals surface area contributed by atoms with E-state index in [-0.39, 0.29) is 5.78 Å². The van der Waals surface area contributed by atoms with Crippen LogP contribution in [0.5, 0.6) is 0 Å². The molecule has 0 aromatic heterocycles. The van der Waals surface area contributed by atoms with Crippen LogP contribution in [0.25, 0.3) is 6.08 Å². The van der Waals surface area contributed by atoms with Gasteiger partial charge in [-0.05, 0) is 68.6 Å². The lowest BCUT2D eigenvalue weighted by Gasteiger charge is -2.02. The SMILES string of the molecule is CC(=O)c1ccc(N)c(C=C(Br)Br)c1. The molecule has 2 N–H and O–H groups in total. The first-order valence-corrected chi connectivity index (χ1v) is 5.52. The lowest BCUT2D eigenvalue weighted by atomic mass is 10.1. The average molecular weight is 319 g/mol. The van der Waals surface area contributed by atoms with Crippen molar-refractivity contribution in [2.24, 2.45) is 0 Å². The van der Waals surface area contributed by atoms with Crippen molar-refractivity contribution in [3.8, 4) is 0 Å². The van der Waals surface area contributed by atoms with E-state index in [0.29, 0.717) is 11.3 Å². The number of hydrogen-bond acceptors (Lipinski definition) is 2. The second kappa shape index (κ2) is 4.75. The number of carbonyl (C=O) groups excluding carboxylic acids is 1. The van der Waals surface area contributed by atoms with Crippen LogP contribution in [0.4, 0.5) is 5.69 Å². The van der Waals surface area contributed by atoms with Gasteiger partial charge in [0, 0.05) is 11.3 Å². The maximum Gasteiger partial charge on any atom is 0.159 e. The van der Waals surface area contributed by atoms with Crippen molar-refractivity contribution in [3.05, 3.63) is 32.7 Å². The largest absolute Gasteiger partial charge is 0.398 e. The number of hydrogen-bond donors (Lipinski definition) is 1. The topological polar surface area (TPSA) is 43.1 Å². The van der Waals surface area contributed by atoms with E-state index in [1.54, 1.807) is 18.2 Å². The number of rotatable bonds is 2. The Labute approximate surface area is 99.4 Å². The first-order valence-electron chi connectivity index (χ1n) is 3.94. The Balaban J connectivity index is 3.22. The maximum absolute atomic E-state index is 11.1. The molecule has 1 rings (SSSR count). The Morgan fingerprint density at radius 2 is 2.07 bits per heavy atom. The molecule has 0 aliphatic carbocycles. The molecule has 0 aliphatic heterocycles. The van der Waals surface area contributed by atoms with Crippen LogP contribution in [0, 0.1) is 0 Å². The Morgan fingerprint density at radius 1 is 1.43 bits per heavy atom. The summed E-state index contributed by atoms with van der Waals surface area (Å²) in [5.74, 6) is 0.0327. The van der Waals surface area contributed by atoms with Gasteiger partial charge in [0.1, 0.15) is 0 Å². The van der Waals surface area contributed by atoms with Gasteiger partial charge in [-0.15, -0.1) is 0 Å². The molecule has 0 saturated carbocycles. The Morgan fingerprint density at radius 3 is 2.57 bits per heavy atom. The highest BCUT2D eigenvalue weighted by molar-refractivity contribution is 9.28. The summed E-state index contributed by atoms with van der Waals surface area (Å²) >= 11 is 6.49. The van der Waals surface area contributed by atoms with Gasteiger partial charge in [0.05, 0.1) is 3.39 Å². The standard InChI is InChI=1S/C10H9Br2NO/c1-6(14)7-2-3-9(13)8(4-7)5-10(11)12/h2-5H,13H2,1H3. The fourth-order valence-corrected chi connectivity index (χ4v) is 1.53. The lowest BCUT2D eigenvalue weighted by Crippen LogP contribution is -1.95. The summed E-state index contributed by atoms with van der Waals surface area (Å²) in [6, 6.07) is 5.21. The highest BCUT2D eigenvalue weighted by atomic mass is 79.9. The molecule has 0 heterocycles. The van der Waals surface area contributed by atoms with Gasteiger partial charge >= 0.3 is 0 Å². The highest BCUT2D eigenvalue weighted by Crippen LogP contribution is 2.23. The average Bonchev–Trinajstić information content (AvgIpc) is 2.07. The third-order valence-corrected chi connectivity index (χ3v) is 2.22. The molecule has 1 aromatic rings. The van der Waals surface area contributed by atoms with Crippen LogP contribution < -0.4 is 5.73 Å². The lowest BCUT2D eigenvalue weighted by molar-refractivity contribution is 0.101. The number of ketones is 1. The van der Waals surface area contributed by atoms with E-state index in [1.165, 1.54) is 6.92 Å². The van der Waals surface area contributed by atoms with E-state index in [1.807, 2.05) is 6.08 Å². The molecule has 14 heavy (non-hydrogen) atoms. The molecule has 4 heteroatoms. The molecule has 0 fully saturated rings. The number of carbonyl (C=O) groups is 1. The molecule has 0 amide bonds. The second-order valence-electron chi connectivity index (χ2n) is 2.83. The molecule has 74 valence electrons. The summed E-state index contributed by atoms with van der Waals surface area (Å²) in [5.41, 5.74) is 7.86. The monoisotopic (exact) mass is 317 g/mol. The minimum atomic E-state index is 0.0327. The van der Waals surface area contributed by atoms with Crippen LogP contribution in [0.2, 0.25) is 0 Å². The third kappa shape index (κ3) is 2.96. The first kappa shape index (κ1) is 11.5. The smallest absolute Gasteiger partial charge is 0.159 e. The van der Waals surface area contributed by atoms with Crippen LogP contribution in [0.1, 0.15) is 22.8 Å². The fraction of sp³-hybridized carbons (Fsp3) is 0.100. The molecule has 0 aliphatic rings. The Hall–Kier alpha value is -0.610. The predicted octanol–water partition coefficient (Wildman–Crippen LogP) is 3.56. The second-order valence-corrected chi connectivity index (χ2v) is 5.61. The van der Waals surface area contributed by atoms with Crippen molar-refractivity contribution in [1.29, 1.82) is 0 Å². The van der Waals surface area contributed by atoms with Crippen molar-refractivity contribution in [2.45, 2.75) is 6.92 Å². The molecule has 0 saturated heterocycles. The van der Waals surface area contributed by atoms with Crippen LogP contribution in [0.3, 0.4) is 0 Å². The number of Topliss-reactive ketones (excluding diaryl/α,β-unsaturated/α-hetero) is 1. The summed E-state index contributed by atoms with van der Waals surface area (Å²) in [6.07, 6.45) is 1.81. The van der Waals surface area contributed by atoms with Crippen LogP contribution in [0.15, 0.2) is 21.6 Å². The molecule has 2 nitrogen and oxygen atoms in total.